The van der Waals surface area contributed by atoms with E-state index in [9.17, 15) is 5.11 Å². The summed E-state index contributed by atoms with van der Waals surface area (Å²) in [4.78, 5) is 0. The number of ether oxygens (including phenoxy) is 1. The highest BCUT2D eigenvalue weighted by molar-refractivity contribution is 5.49. The molecule has 2 heteroatoms. The summed E-state index contributed by atoms with van der Waals surface area (Å²) in [5.41, 5.74) is 6.52. The molecule has 0 heterocycles. The van der Waals surface area contributed by atoms with Crippen molar-refractivity contribution in [3.05, 3.63) is 101 Å². The maximum atomic E-state index is 9.42. The minimum atomic E-state index is 0.0277. The molecule has 0 amide bonds. The SMILES string of the molecule is OCCOc1c(Cc2ccccc2)cc(C2CCCCC2)cc1Cc1ccccc1. The monoisotopic (exact) mass is 400 g/mol. The second kappa shape index (κ2) is 10.4. The molecule has 1 aliphatic rings. The first-order valence-corrected chi connectivity index (χ1v) is 11.3. The highest BCUT2D eigenvalue weighted by atomic mass is 16.5. The number of aliphatic hydroxyl groups excluding tert-OH is 1. The first-order chi connectivity index (χ1) is 14.8. The first-order valence-electron chi connectivity index (χ1n) is 11.3. The second-order valence-electron chi connectivity index (χ2n) is 8.40. The van der Waals surface area contributed by atoms with Crippen molar-refractivity contribution in [3.63, 3.8) is 0 Å². The molecule has 156 valence electrons. The van der Waals surface area contributed by atoms with E-state index in [4.69, 9.17) is 4.74 Å². The van der Waals surface area contributed by atoms with Gasteiger partial charge < -0.3 is 9.84 Å². The maximum Gasteiger partial charge on any atom is 0.126 e. The van der Waals surface area contributed by atoms with Crippen LogP contribution in [0.3, 0.4) is 0 Å². The molecule has 2 nitrogen and oxygen atoms in total. The predicted molar refractivity (Wildman–Crippen MR) is 123 cm³/mol. The summed E-state index contributed by atoms with van der Waals surface area (Å²) in [7, 11) is 0. The number of hydrogen-bond donors (Lipinski definition) is 1. The Labute approximate surface area is 180 Å². The molecule has 0 aromatic heterocycles. The quantitative estimate of drug-likeness (QED) is 0.482. The van der Waals surface area contributed by atoms with Crippen LogP contribution in [0.15, 0.2) is 72.8 Å². The Kier molecular flexibility index (Phi) is 7.20. The highest BCUT2D eigenvalue weighted by Gasteiger charge is 2.20. The van der Waals surface area contributed by atoms with Crippen LogP contribution in [-0.2, 0) is 12.8 Å². The standard InChI is InChI=1S/C28H32O2/c29-16-17-30-28-26(18-22-10-4-1-5-11-22)20-25(24-14-8-3-9-15-24)21-27(28)19-23-12-6-2-7-13-23/h1-2,4-7,10-13,20-21,24,29H,3,8-9,14-19H2. The van der Waals surface area contributed by atoms with E-state index in [1.165, 1.54) is 59.9 Å². The third-order valence-corrected chi connectivity index (χ3v) is 6.15. The van der Waals surface area contributed by atoms with E-state index in [1.807, 2.05) is 0 Å². The van der Waals surface area contributed by atoms with Crippen molar-refractivity contribution in [1.29, 1.82) is 0 Å². The summed E-state index contributed by atoms with van der Waals surface area (Å²) in [6.07, 6.45) is 8.29. The second-order valence-corrected chi connectivity index (χ2v) is 8.40. The lowest BCUT2D eigenvalue weighted by Crippen LogP contribution is -2.11. The highest BCUT2D eigenvalue weighted by Crippen LogP contribution is 2.38. The summed E-state index contributed by atoms with van der Waals surface area (Å²) in [6.45, 7) is 0.353. The van der Waals surface area contributed by atoms with Crippen LogP contribution in [0.2, 0.25) is 0 Å². The van der Waals surface area contributed by atoms with Gasteiger partial charge in [-0.05, 0) is 46.6 Å². The third kappa shape index (κ3) is 5.31. The molecule has 1 saturated carbocycles. The topological polar surface area (TPSA) is 29.5 Å². The van der Waals surface area contributed by atoms with Gasteiger partial charge >= 0.3 is 0 Å². The predicted octanol–water partition coefficient (Wildman–Crippen LogP) is 6.29. The van der Waals surface area contributed by atoms with Crippen LogP contribution in [0.5, 0.6) is 5.75 Å². The van der Waals surface area contributed by atoms with E-state index < -0.39 is 0 Å². The number of benzene rings is 3. The Morgan fingerprint density at radius 2 is 1.27 bits per heavy atom. The van der Waals surface area contributed by atoms with Gasteiger partial charge in [0.25, 0.3) is 0 Å². The van der Waals surface area contributed by atoms with Crippen LogP contribution >= 0.6 is 0 Å². The van der Waals surface area contributed by atoms with Crippen molar-refractivity contribution in [2.75, 3.05) is 13.2 Å². The van der Waals surface area contributed by atoms with Gasteiger partial charge in [-0.25, -0.2) is 0 Å². The Morgan fingerprint density at radius 3 is 1.77 bits per heavy atom. The first kappa shape index (κ1) is 20.7. The van der Waals surface area contributed by atoms with Crippen molar-refractivity contribution in [2.45, 2.75) is 50.9 Å². The van der Waals surface area contributed by atoms with E-state index >= 15 is 0 Å². The fraction of sp³-hybridized carbons (Fsp3) is 0.357. The average Bonchev–Trinajstić information content (AvgIpc) is 2.80. The smallest absolute Gasteiger partial charge is 0.126 e. The average molecular weight is 401 g/mol. The van der Waals surface area contributed by atoms with E-state index in [-0.39, 0.29) is 6.61 Å². The Morgan fingerprint density at radius 1 is 0.733 bits per heavy atom. The van der Waals surface area contributed by atoms with Crippen molar-refractivity contribution < 1.29 is 9.84 Å². The fourth-order valence-electron chi connectivity index (χ4n) is 4.68. The lowest BCUT2D eigenvalue weighted by Gasteiger charge is -2.25. The minimum absolute atomic E-state index is 0.0277. The van der Waals surface area contributed by atoms with Crippen LogP contribution in [0, 0.1) is 0 Å². The van der Waals surface area contributed by atoms with Crippen LogP contribution in [0.4, 0.5) is 0 Å². The number of hydrogen-bond acceptors (Lipinski definition) is 2. The summed E-state index contributed by atoms with van der Waals surface area (Å²) < 4.78 is 6.15. The zero-order valence-corrected chi connectivity index (χ0v) is 17.7. The number of aliphatic hydroxyl groups is 1. The van der Waals surface area contributed by atoms with Gasteiger partial charge in [0.15, 0.2) is 0 Å². The lowest BCUT2D eigenvalue weighted by atomic mass is 9.82. The van der Waals surface area contributed by atoms with Gasteiger partial charge in [0, 0.05) is 12.8 Å². The zero-order chi connectivity index (χ0) is 20.6. The summed E-state index contributed by atoms with van der Waals surface area (Å²) in [5.74, 6) is 1.60. The molecule has 3 aromatic carbocycles. The van der Waals surface area contributed by atoms with Crippen molar-refractivity contribution in [1.82, 2.24) is 0 Å². The molecule has 0 spiro atoms. The van der Waals surface area contributed by atoms with E-state index in [2.05, 4.69) is 72.8 Å². The summed E-state index contributed by atoms with van der Waals surface area (Å²) in [6, 6.07) is 26.0. The molecule has 1 fully saturated rings. The largest absolute Gasteiger partial charge is 0.491 e. The molecule has 1 aliphatic carbocycles. The molecule has 0 bridgehead atoms. The molecule has 3 aromatic rings. The maximum absolute atomic E-state index is 9.42. The Bertz CT molecular complexity index is 849. The molecule has 0 atom stereocenters. The molecular weight excluding hydrogens is 368 g/mol. The van der Waals surface area contributed by atoms with E-state index in [0.717, 1.165) is 18.6 Å². The molecule has 0 saturated heterocycles. The van der Waals surface area contributed by atoms with Gasteiger partial charge in [-0.1, -0.05) is 92.1 Å². The van der Waals surface area contributed by atoms with Gasteiger partial charge in [0.05, 0.1) is 6.61 Å². The van der Waals surface area contributed by atoms with Crippen LogP contribution in [0.1, 0.15) is 65.8 Å². The van der Waals surface area contributed by atoms with E-state index in [0.29, 0.717) is 12.5 Å². The fourth-order valence-corrected chi connectivity index (χ4v) is 4.68. The zero-order valence-electron chi connectivity index (χ0n) is 17.7. The summed E-state index contributed by atoms with van der Waals surface area (Å²) >= 11 is 0. The van der Waals surface area contributed by atoms with Gasteiger partial charge in [-0.2, -0.15) is 0 Å². The van der Waals surface area contributed by atoms with Crippen molar-refractivity contribution in [3.8, 4) is 5.75 Å². The van der Waals surface area contributed by atoms with Crippen molar-refractivity contribution >= 4 is 0 Å². The molecule has 0 radical (unpaired) electrons. The molecule has 30 heavy (non-hydrogen) atoms. The lowest BCUT2D eigenvalue weighted by molar-refractivity contribution is 0.199. The van der Waals surface area contributed by atoms with E-state index in [1.54, 1.807) is 0 Å². The third-order valence-electron chi connectivity index (χ3n) is 6.15. The van der Waals surface area contributed by atoms with Crippen molar-refractivity contribution in [2.24, 2.45) is 0 Å². The Hall–Kier alpha value is -2.58. The Balaban J connectivity index is 1.76. The van der Waals surface area contributed by atoms with Crippen LogP contribution in [0.25, 0.3) is 0 Å². The molecule has 1 N–H and O–H groups in total. The van der Waals surface area contributed by atoms with Crippen LogP contribution < -0.4 is 4.74 Å². The van der Waals surface area contributed by atoms with Gasteiger partial charge in [0.1, 0.15) is 12.4 Å². The molecular formula is C28H32O2. The van der Waals surface area contributed by atoms with Gasteiger partial charge in [0.2, 0.25) is 0 Å². The van der Waals surface area contributed by atoms with Gasteiger partial charge in [-0.15, -0.1) is 0 Å². The molecule has 4 rings (SSSR count). The summed E-state index contributed by atoms with van der Waals surface area (Å²) in [5, 5.41) is 9.42. The molecule has 0 unspecified atom stereocenters. The minimum Gasteiger partial charge on any atom is -0.491 e. The van der Waals surface area contributed by atoms with Crippen LogP contribution in [-0.4, -0.2) is 18.3 Å². The molecule has 0 aliphatic heterocycles. The normalized spacial score (nSPS) is 14.6. The van der Waals surface area contributed by atoms with Gasteiger partial charge in [-0.3, -0.25) is 0 Å². The number of rotatable bonds is 8.